The number of hydrazine groups is 2. The van der Waals surface area contributed by atoms with Gasteiger partial charge in [0.05, 0.1) is 0 Å². The lowest BCUT2D eigenvalue weighted by Crippen LogP contribution is -2.41. The minimum Gasteiger partial charge on any atom is -0.453 e. The molecule has 0 radical (unpaired) electrons. The van der Waals surface area contributed by atoms with Gasteiger partial charge in [-0.25, -0.2) is 5.01 Å². The first-order valence-corrected chi connectivity index (χ1v) is 10.1. The fraction of sp³-hybridized carbons (Fsp3) is 0.222. The first-order chi connectivity index (χ1) is 14.1. The van der Waals surface area contributed by atoms with Crippen LogP contribution in [0, 0.1) is 6.92 Å². The molecule has 1 N–H and O–H groups in total. The van der Waals surface area contributed by atoms with Crippen LogP contribution < -0.4 is 10.3 Å². The molecule has 4 heterocycles. The standard InChI is InChI=1S/C18H17IN8O2/c1-3-25-9-15(19)26(24-25)10-28-18-13-7-5-4-6-12(13)16-20-21-17(27(16)22-18)14-8-11(2)29-23-14/h4-9,24H,3,10H2,1-2H3. The van der Waals surface area contributed by atoms with E-state index >= 15 is 0 Å². The third-order valence-electron chi connectivity index (χ3n) is 4.53. The predicted molar refractivity (Wildman–Crippen MR) is 113 cm³/mol. The van der Waals surface area contributed by atoms with Gasteiger partial charge in [0, 0.05) is 29.6 Å². The molecule has 0 bridgehead atoms. The molecule has 0 aliphatic carbocycles. The normalized spacial score (nSPS) is 14.2. The molecule has 1 aromatic carbocycles. The van der Waals surface area contributed by atoms with Crippen LogP contribution in [0.5, 0.6) is 5.88 Å². The summed E-state index contributed by atoms with van der Waals surface area (Å²) in [7, 11) is 0. The SMILES string of the molecule is CCN1C=C(I)N(COc2nn3c(-c4cc(C)on4)nnc3c3ccccc23)N1. The average Bonchev–Trinajstić information content (AvgIpc) is 3.44. The summed E-state index contributed by atoms with van der Waals surface area (Å²) in [5.74, 6) is 1.67. The monoisotopic (exact) mass is 504 g/mol. The van der Waals surface area contributed by atoms with Crippen molar-refractivity contribution in [2.24, 2.45) is 0 Å². The number of hydrogen-bond donors (Lipinski definition) is 1. The van der Waals surface area contributed by atoms with Crippen LogP contribution in [-0.4, -0.2) is 48.3 Å². The van der Waals surface area contributed by atoms with Gasteiger partial charge in [0.2, 0.25) is 11.7 Å². The van der Waals surface area contributed by atoms with Gasteiger partial charge < -0.3 is 9.26 Å². The number of ether oxygens (including phenoxy) is 1. The van der Waals surface area contributed by atoms with Gasteiger partial charge in [-0.1, -0.05) is 23.4 Å². The molecule has 1 aliphatic heterocycles. The molecule has 0 saturated heterocycles. The summed E-state index contributed by atoms with van der Waals surface area (Å²) in [5, 5.41) is 22.9. The molecule has 3 aromatic heterocycles. The maximum absolute atomic E-state index is 6.10. The van der Waals surface area contributed by atoms with E-state index in [1.54, 1.807) is 10.6 Å². The molecule has 1 aliphatic rings. The van der Waals surface area contributed by atoms with Crippen molar-refractivity contribution in [3.05, 3.63) is 46.0 Å². The number of nitrogens with one attached hydrogen (secondary N) is 1. The molecule has 148 valence electrons. The fourth-order valence-corrected chi connectivity index (χ4v) is 3.68. The van der Waals surface area contributed by atoms with Crippen molar-refractivity contribution in [3.8, 4) is 17.4 Å². The summed E-state index contributed by atoms with van der Waals surface area (Å²) in [6, 6.07) is 9.63. The van der Waals surface area contributed by atoms with E-state index in [0.29, 0.717) is 28.8 Å². The van der Waals surface area contributed by atoms with Gasteiger partial charge in [0.1, 0.15) is 9.46 Å². The number of fused-ring (bicyclic) bond motifs is 3. The van der Waals surface area contributed by atoms with Crippen LogP contribution in [0.2, 0.25) is 0 Å². The Morgan fingerprint density at radius 2 is 2.03 bits per heavy atom. The molecule has 0 amide bonds. The molecule has 4 aromatic rings. The largest absolute Gasteiger partial charge is 0.453 e. The number of hydrogen-bond acceptors (Lipinski definition) is 9. The highest BCUT2D eigenvalue weighted by atomic mass is 127. The third kappa shape index (κ3) is 3.15. The van der Waals surface area contributed by atoms with Crippen LogP contribution >= 0.6 is 22.6 Å². The minimum absolute atomic E-state index is 0.286. The maximum Gasteiger partial charge on any atom is 0.241 e. The van der Waals surface area contributed by atoms with Gasteiger partial charge in [0.15, 0.2) is 18.1 Å². The fourth-order valence-electron chi connectivity index (χ4n) is 3.10. The quantitative estimate of drug-likeness (QED) is 0.325. The highest BCUT2D eigenvalue weighted by Crippen LogP contribution is 2.29. The number of benzene rings is 1. The lowest BCUT2D eigenvalue weighted by Gasteiger charge is -2.22. The van der Waals surface area contributed by atoms with E-state index in [1.165, 1.54) is 0 Å². The van der Waals surface area contributed by atoms with Crippen molar-refractivity contribution in [3.63, 3.8) is 0 Å². The molecule has 11 heteroatoms. The number of nitrogens with zero attached hydrogens (tertiary/aromatic N) is 7. The molecule has 0 atom stereocenters. The zero-order chi connectivity index (χ0) is 20.0. The van der Waals surface area contributed by atoms with Crippen LogP contribution in [0.3, 0.4) is 0 Å². The predicted octanol–water partition coefficient (Wildman–Crippen LogP) is 2.87. The summed E-state index contributed by atoms with van der Waals surface area (Å²) in [4.78, 5) is 0. The Morgan fingerprint density at radius 3 is 2.76 bits per heavy atom. The molecular formula is C18H17IN8O2. The summed E-state index contributed by atoms with van der Waals surface area (Å²) in [6.45, 7) is 5.03. The molecule has 5 rings (SSSR count). The Balaban J connectivity index is 1.56. The van der Waals surface area contributed by atoms with E-state index in [1.807, 2.05) is 47.4 Å². The first-order valence-electron chi connectivity index (χ1n) is 9.02. The van der Waals surface area contributed by atoms with Crippen molar-refractivity contribution < 1.29 is 9.26 Å². The van der Waals surface area contributed by atoms with Crippen molar-refractivity contribution >= 4 is 39.0 Å². The molecule has 0 unspecified atom stereocenters. The van der Waals surface area contributed by atoms with E-state index in [4.69, 9.17) is 9.26 Å². The van der Waals surface area contributed by atoms with Crippen molar-refractivity contribution in [1.82, 2.24) is 40.5 Å². The minimum atomic E-state index is 0.286. The summed E-state index contributed by atoms with van der Waals surface area (Å²) in [5.41, 5.74) is 4.44. The molecular weight excluding hydrogens is 487 g/mol. The molecule has 10 nitrogen and oxygen atoms in total. The van der Waals surface area contributed by atoms with Gasteiger partial charge in [-0.05, 0) is 42.5 Å². The third-order valence-corrected chi connectivity index (χ3v) is 5.39. The zero-order valence-electron chi connectivity index (χ0n) is 15.7. The molecule has 0 saturated carbocycles. The maximum atomic E-state index is 6.10. The van der Waals surface area contributed by atoms with Gasteiger partial charge in [-0.2, -0.15) is 4.52 Å². The van der Waals surface area contributed by atoms with Crippen LogP contribution in [0.1, 0.15) is 12.7 Å². The summed E-state index contributed by atoms with van der Waals surface area (Å²) in [6.07, 6.45) is 2.02. The van der Waals surface area contributed by atoms with E-state index in [0.717, 1.165) is 21.0 Å². The smallest absolute Gasteiger partial charge is 0.241 e. The van der Waals surface area contributed by atoms with E-state index in [9.17, 15) is 0 Å². The molecule has 29 heavy (non-hydrogen) atoms. The van der Waals surface area contributed by atoms with Gasteiger partial charge >= 0.3 is 0 Å². The van der Waals surface area contributed by atoms with E-state index < -0.39 is 0 Å². The lowest BCUT2D eigenvalue weighted by atomic mass is 10.2. The highest BCUT2D eigenvalue weighted by molar-refractivity contribution is 14.1. The number of aromatic nitrogens is 5. The number of rotatable bonds is 5. The average molecular weight is 504 g/mol. The van der Waals surface area contributed by atoms with Crippen LogP contribution in [0.4, 0.5) is 0 Å². The Kier molecular flexibility index (Phi) is 4.47. The highest BCUT2D eigenvalue weighted by Gasteiger charge is 2.21. The van der Waals surface area contributed by atoms with Crippen LogP contribution in [0.15, 0.2) is 44.8 Å². The molecule has 0 fully saturated rings. The van der Waals surface area contributed by atoms with Crippen molar-refractivity contribution in [1.29, 1.82) is 0 Å². The van der Waals surface area contributed by atoms with E-state index in [-0.39, 0.29) is 6.73 Å². The number of aryl methyl sites for hydroxylation is 1. The Bertz CT molecular complexity index is 1230. The van der Waals surface area contributed by atoms with E-state index in [2.05, 4.69) is 55.5 Å². The summed E-state index contributed by atoms with van der Waals surface area (Å²) < 4.78 is 14.0. The van der Waals surface area contributed by atoms with Crippen molar-refractivity contribution in [2.45, 2.75) is 13.8 Å². The zero-order valence-corrected chi connectivity index (χ0v) is 17.9. The summed E-state index contributed by atoms with van der Waals surface area (Å²) >= 11 is 2.26. The lowest BCUT2D eigenvalue weighted by molar-refractivity contribution is 0.0654. The second kappa shape index (κ2) is 7.15. The van der Waals surface area contributed by atoms with Crippen LogP contribution in [-0.2, 0) is 0 Å². The van der Waals surface area contributed by atoms with Gasteiger partial charge in [0.25, 0.3) is 0 Å². The second-order valence-electron chi connectivity index (χ2n) is 6.47. The Morgan fingerprint density at radius 1 is 1.21 bits per heavy atom. The van der Waals surface area contributed by atoms with Crippen molar-refractivity contribution in [2.75, 3.05) is 13.3 Å². The first kappa shape index (κ1) is 18.1. The second-order valence-corrected chi connectivity index (χ2v) is 7.58. The van der Waals surface area contributed by atoms with Gasteiger partial charge in [-0.15, -0.1) is 20.8 Å². The Hall–Kier alpha value is -2.93. The van der Waals surface area contributed by atoms with Crippen LogP contribution in [0.25, 0.3) is 27.9 Å². The number of halogens is 1. The molecule has 0 spiro atoms. The topological polar surface area (TPSA) is 96.9 Å². The van der Waals surface area contributed by atoms with Gasteiger partial charge in [-0.3, -0.25) is 5.01 Å². The Labute approximate surface area is 179 Å².